The van der Waals surface area contributed by atoms with Crippen LogP contribution in [0.1, 0.15) is 6.92 Å². The number of halogens is 1. The second kappa shape index (κ2) is 7.11. The van der Waals surface area contributed by atoms with Crippen LogP contribution in [0.2, 0.25) is 0 Å². The summed E-state index contributed by atoms with van der Waals surface area (Å²) in [5, 5.41) is 24.2. The van der Waals surface area contributed by atoms with E-state index in [1.807, 2.05) is 6.92 Å². The Morgan fingerprint density at radius 2 is 2.30 bits per heavy atom. The fourth-order valence-electron chi connectivity index (χ4n) is 2.26. The number of aliphatic hydroxyl groups excluding tert-OH is 2. The zero-order chi connectivity index (χ0) is 14.7. The number of hydrogen-bond donors (Lipinski definition) is 3. The second-order valence-electron chi connectivity index (χ2n) is 4.71. The van der Waals surface area contributed by atoms with Gasteiger partial charge in [-0.05, 0) is 18.7 Å². The quantitative estimate of drug-likeness (QED) is 0.494. The van der Waals surface area contributed by atoms with Crippen molar-refractivity contribution in [2.24, 2.45) is 4.99 Å². The highest BCUT2D eigenvalue weighted by Crippen LogP contribution is 2.34. The van der Waals surface area contributed by atoms with Gasteiger partial charge in [0.15, 0.2) is 5.17 Å². The number of aliphatic hydroxyl groups is 2. The number of hydrogen-bond acceptors (Lipinski definition) is 6. The molecule has 3 N–H and O–H groups in total. The highest BCUT2D eigenvalue weighted by atomic mass is 35.5. The van der Waals surface area contributed by atoms with E-state index in [1.165, 1.54) is 16.2 Å². The lowest BCUT2D eigenvalue weighted by Crippen LogP contribution is -2.60. The maximum absolute atomic E-state index is 10.2. The van der Waals surface area contributed by atoms with Crippen LogP contribution < -0.4 is 5.32 Å². The zero-order valence-electron chi connectivity index (χ0n) is 11.3. The van der Waals surface area contributed by atoms with Gasteiger partial charge in [0, 0.05) is 19.6 Å². The minimum absolute atomic E-state index is 0.266. The van der Waals surface area contributed by atoms with Crippen LogP contribution in [0.5, 0.6) is 0 Å². The van der Waals surface area contributed by atoms with E-state index in [-0.39, 0.29) is 11.5 Å². The third kappa shape index (κ3) is 3.47. The molecule has 0 aromatic heterocycles. The van der Waals surface area contributed by atoms with Crippen LogP contribution in [-0.2, 0) is 4.74 Å². The Bertz CT molecular complexity index is 385. The van der Waals surface area contributed by atoms with Gasteiger partial charge in [-0.15, -0.1) is 6.58 Å². The van der Waals surface area contributed by atoms with Gasteiger partial charge in [-0.1, -0.05) is 17.8 Å². The minimum Gasteiger partial charge on any atom is -0.388 e. The topological polar surface area (TPSA) is 77.3 Å². The minimum atomic E-state index is -0.989. The van der Waals surface area contributed by atoms with Crippen LogP contribution in [0.15, 0.2) is 17.6 Å². The van der Waals surface area contributed by atoms with Crippen molar-refractivity contribution in [2.75, 3.05) is 19.6 Å². The largest absolute Gasteiger partial charge is 0.388 e. The molecule has 0 aromatic rings. The third-order valence-corrected chi connectivity index (χ3v) is 4.61. The Morgan fingerprint density at radius 1 is 1.55 bits per heavy atom. The van der Waals surface area contributed by atoms with Gasteiger partial charge in [0.25, 0.3) is 0 Å². The lowest BCUT2D eigenvalue weighted by Gasteiger charge is -2.39. The Morgan fingerprint density at radius 3 is 2.95 bits per heavy atom. The van der Waals surface area contributed by atoms with Gasteiger partial charge in [0.2, 0.25) is 0 Å². The normalized spacial score (nSPS) is 38.9. The Hall–Kier alpha value is -0.310. The molecule has 0 amide bonds. The van der Waals surface area contributed by atoms with Crippen LogP contribution in [0, 0.1) is 0 Å². The fraction of sp³-hybridized carbons (Fsp3) is 0.750. The van der Waals surface area contributed by atoms with Crippen LogP contribution in [-0.4, -0.2) is 69.2 Å². The number of nitrogens with zero attached hydrogens (tertiary/aromatic N) is 2. The molecule has 5 atom stereocenters. The first kappa shape index (κ1) is 16.1. The lowest BCUT2D eigenvalue weighted by molar-refractivity contribution is -0.157. The summed E-state index contributed by atoms with van der Waals surface area (Å²) in [7, 11) is 0. The average molecular weight is 322 g/mol. The van der Waals surface area contributed by atoms with Crippen molar-refractivity contribution in [3.05, 3.63) is 12.7 Å². The molecule has 2 heterocycles. The molecule has 0 bridgehead atoms. The van der Waals surface area contributed by atoms with Crippen molar-refractivity contribution in [2.45, 2.75) is 36.7 Å². The van der Waals surface area contributed by atoms with Crippen molar-refractivity contribution >= 4 is 28.7 Å². The molecule has 0 saturated carbocycles. The molecule has 0 spiro atoms. The fourth-order valence-corrected chi connectivity index (χ4v) is 3.69. The van der Waals surface area contributed by atoms with E-state index in [9.17, 15) is 10.2 Å². The molecule has 2 fully saturated rings. The summed E-state index contributed by atoms with van der Waals surface area (Å²) < 4.78 is 7.31. The molecule has 0 radical (unpaired) electrons. The zero-order valence-corrected chi connectivity index (χ0v) is 12.8. The van der Waals surface area contributed by atoms with Gasteiger partial charge in [0.1, 0.15) is 23.7 Å². The first-order chi connectivity index (χ1) is 9.56. The number of amidine groups is 1. The number of rotatable bonds is 5. The van der Waals surface area contributed by atoms with Crippen LogP contribution in [0.4, 0.5) is 0 Å². The molecule has 6 nitrogen and oxygen atoms in total. The summed E-state index contributed by atoms with van der Waals surface area (Å²) in [6.45, 7) is 6.99. The maximum atomic E-state index is 10.2. The second-order valence-corrected chi connectivity index (χ2v) is 6.27. The molecule has 2 aliphatic rings. The summed E-state index contributed by atoms with van der Waals surface area (Å²) in [6.07, 6.45) is -0.778. The summed E-state index contributed by atoms with van der Waals surface area (Å²) in [4.78, 5) is 4.27. The molecular formula is C12H20ClN3O3S. The molecule has 0 aromatic carbocycles. The van der Waals surface area contributed by atoms with E-state index in [1.54, 1.807) is 6.08 Å². The maximum Gasteiger partial charge on any atom is 0.159 e. The monoisotopic (exact) mass is 321 g/mol. The van der Waals surface area contributed by atoms with Gasteiger partial charge >= 0.3 is 0 Å². The number of fused-ring (bicyclic) bond motifs is 1. The van der Waals surface area contributed by atoms with E-state index in [0.717, 1.165) is 5.17 Å². The number of nitrogens with one attached hydrogen (secondary N) is 1. The van der Waals surface area contributed by atoms with E-state index < -0.39 is 18.3 Å². The Balaban J connectivity index is 2.01. The highest BCUT2D eigenvalue weighted by molar-refractivity contribution is 8.14. The predicted octanol–water partition coefficient (Wildman–Crippen LogP) is 0.156. The van der Waals surface area contributed by atoms with Crippen molar-refractivity contribution in [3.8, 4) is 0 Å². The molecule has 0 unspecified atom stereocenters. The van der Waals surface area contributed by atoms with E-state index in [2.05, 4.69) is 16.9 Å². The van der Waals surface area contributed by atoms with Gasteiger partial charge < -0.3 is 20.3 Å². The van der Waals surface area contributed by atoms with Crippen LogP contribution >= 0.6 is 23.5 Å². The van der Waals surface area contributed by atoms with Crippen molar-refractivity contribution in [3.63, 3.8) is 0 Å². The van der Waals surface area contributed by atoms with E-state index in [4.69, 9.17) is 16.5 Å². The summed E-state index contributed by atoms with van der Waals surface area (Å²) in [5.41, 5.74) is -0.266. The number of aliphatic imine (C=N–C) groups is 1. The molecular weight excluding hydrogens is 302 g/mol. The average Bonchev–Trinajstić information content (AvgIpc) is 2.79. The standard InChI is InChI=1S/C12H20ClN3O3S/c1-3-5-16(13)6-7-9(17)10(18)8-11(19-7)20-12(15-8)14-4-2/h3,7-11,17-18H,1,4-6H2,2H3,(H,14,15)/t7-,8-,9-,10-,11-/m1/s1. The first-order valence-corrected chi connectivity index (χ1v) is 7.79. The summed E-state index contributed by atoms with van der Waals surface area (Å²) >= 11 is 7.42. The molecule has 2 saturated heterocycles. The number of ether oxygens (including phenoxy) is 1. The van der Waals surface area contributed by atoms with E-state index >= 15 is 0 Å². The Labute approximate surface area is 127 Å². The first-order valence-electron chi connectivity index (χ1n) is 6.57. The molecule has 2 rings (SSSR count). The van der Waals surface area contributed by atoms with E-state index in [0.29, 0.717) is 19.6 Å². The van der Waals surface area contributed by atoms with Gasteiger partial charge in [-0.25, -0.2) is 4.42 Å². The lowest BCUT2D eigenvalue weighted by atomic mass is 9.98. The highest BCUT2D eigenvalue weighted by Gasteiger charge is 2.49. The molecule has 114 valence electrons. The van der Waals surface area contributed by atoms with Crippen LogP contribution in [0.3, 0.4) is 0 Å². The van der Waals surface area contributed by atoms with Crippen molar-refractivity contribution in [1.82, 2.24) is 9.74 Å². The van der Waals surface area contributed by atoms with Gasteiger partial charge in [-0.3, -0.25) is 4.99 Å². The SMILES string of the molecule is C=CCN(Cl)C[C@H]1O[C@@H]2SC(=NCC)N[C@@H]2[C@@H](O)[C@@H]1O. The Kier molecular flexibility index (Phi) is 5.71. The number of thioether (sulfide) groups is 1. The molecule has 8 heteroatoms. The molecule has 2 aliphatic heterocycles. The van der Waals surface area contributed by atoms with Gasteiger partial charge in [-0.2, -0.15) is 0 Å². The predicted molar refractivity (Wildman–Crippen MR) is 80.8 cm³/mol. The third-order valence-electron chi connectivity index (χ3n) is 3.23. The summed E-state index contributed by atoms with van der Waals surface area (Å²) in [5.74, 6) is 0. The molecule has 0 aliphatic carbocycles. The molecule has 20 heavy (non-hydrogen) atoms. The van der Waals surface area contributed by atoms with Gasteiger partial charge in [0.05, 0.1) is 6.04 Å². The smallest absolute Gasteiger partial charge is 0.159 e. The van der Waals surface area contributed by atoms with Crippen molar-refractivity contribution < 1.29 is 14.9 Å². The van der Waals surface area contributed by atoms with Crippen molar-refractivity contribution in [1.29, 1.82) is 0 Å². The van der Waals surface area contributed by atoms with Crippen LogP contribution in [0.25, 0.3) is 0 Å². The summed E-state index contributed by atoms with van der Waals surface area (Å²) in [6, 6.07) is -0.347.